The Bertz CT molecular complexity index is 1010. The molecule has 5 rings (SSSR count). The van der Waals surface area contributed by atoms with Crippen molar-refractivity contribution in [3.05, 3.63) is 52.2 Å². The summed E-state index contributed by atoms with van der Waals surface area (Å²) in [6.45, 7) is 3.53. The molecule has 3 aromatic rings. The molecule has 3 heterocycles. The number of nitrogens with zero attached hydrogens (tertiary/aromatic N) is 3. The third-order valence-electron chi connectivity index (χ3n) is 5.60. The number of carbonyl (C=O) groups excluding carboxylic acids is 1. The second-order valence-electron chi connectivity index (χ2n) is 7.49. The minimum atomic E-state index is -0.203. The third kappa shape index (κ3) is 2.98. The Hall–Kier alpha value is -2.47. The smallest absolute Gasteiger partial charge is 0.245 e. The summed E-state index contributed by atoms with van der Waals surface area (Å²) in [5, 5.41) is 4.58. The number of hydrogen-bond donors (Lipinski definition) is 1. The molecule has 1 fully saturated rings. The number of fused-ring (bicyclic) bond motifs is 3. The molecular weight excluding hydrogens is 356 g/mol. The van der Waals surface area contributed by atoms with Crippen LogP contribution in [-0.2, 0) is 24.2 Å². The summed E-state index contributed by atoms with van der Waals surface area (Å²) in [7, 11) is 0. The van der Waals surface area contributed by atoms with E-state index >= 15 is 0 Å². The summed E-state index contributed by atoms with van der Waals surface area (Å²) in [6, 6.07) is 8.20. The van der Waals surface area contributed by atoms with Crippen LogP contribution in [0.25, 0.3) is 10.2 Å². The maximum absolute atomic E-state index is 12.9. The lowest BCUT2D eigenvalue weighted by molar-refractivity contribution is -0.128. The monoisotopic (exact) mass is 378 g/mol. The lowest BCUT2D eigenvalue weighted by Crippen LogP contribution is -2.33. The molecule has 1 atom stereocenters. The highest BCUT2D eigenvalue weighted by Gasteiger charge is 2.32. The van der Waals surface area contributed by atoms with E-state index in [1.54, 1.807) is 17.7 Å². The minimum absolute atomic E-state index is 0.161. The van der Waals surface area contributed by atoms with Crippen LogP contribution in [0.15, 0.2) is 30.6 Å². The molecule has 1 saturated heterocycles. The summed E-state index contributed by atoms with van der Waals surface area (Å²) in [5.74, 6) is 0.990. The number of hydrogen-bond acceptors (Lipinski definition) is 5. The number of rotatable bonds is 4. The van der Waals surface area contributed by atoms with Gasteiger partial charge in [-0.2, -0.15) is 0 Å². The largest absolute Gasteiger partial charge is 0.358 e. The van der Waals surface area contributed by atoms with Crippen LogP contribution in [0.4, 0.5) is 5.82 Å². The number of nitrogens with one attached hydrogen (secondary N) is 1. The van der Waals surface area contributed by atoms with Gasteiger partial charge in [0.1, 0.15) is 23.0 Å². The molecule has 27 heavy (non-hydrogen) atoms. The molecule has 1 aromatic carbocycles. The fourth-order valence-electron chi connectivity index (χ4n) is 4.15. The number of thiophene rings is 1. The van der Waals surface area contributed by atoms with Gasteiger partial charge in [-0.05, 0) is 43.7 Å². The number of aryl methyl sites for hydroxylation is 3. The van der Waals surface area contributed by atoms with Crippen molar-refractivity contribution in [3.63, 3.8) is 0 Å². The van der Waals surface area contributed by atoms with Gasteiger partial charge < -0.3 is 10.2 Å². The third-order valence-corrected chi connectivity index (χ3v) is 6.80. The first-order valence-corrected chi connectivity index (χ1v) is 10.4. The maximum Gasteiger partial charge on any atom is 0.245 e. The van der Waals surface area contributed by atoms with Crippen LogP contribution in [-0.4, -0.2) is 33.4 Å². The van der Waals surface area contributed by atoms with Crippen molar-refractivity contribution >= 4 is 33.3 Å². The first kappa shape index (κ1) is 16.7. The van der Waals surface area contributed by atoms with Crippen LogP contribution in [0.1, 0.15) is 34.4 Å². The second-order valence-corrected chi connectivity index (χ2v) is 8.57. The Balaban J connectivity index is 1.35. The van der Waals surface area contributed by atoms with E-state index in [2.05, 4.69) is 46.5 Å². The summed E-state index contributed by atoms with van der Waals surface area (Å²) in [5.41, 5.74) is 3.80. The lowest BCUT2D eigenvalue weighted by Gasteiger charge is -2.18. The zero-order chi connectivity index (χ0) is 18.4. The van der Waals surface area contributed by atoms with Crippen LogP contribution in [0, 0.1) is 6.92 Å². The van der Waals surface area contributed by atoms with Crippen molar-refractivity contribution in [3.8, 4) is 0 Å². The van der Waals surface area contributed by atoms with E-state index in [0.717, 1.165) is 41.8 Å². The Morgan fingerprint density at radius 3 is 2.93 bits per heavy atom. The van der Waals surface area contributed by atoms with Gasteiger partial charge >= 0.3 is 0 Å². The highest BCUT2D eigenvalue weighted by molar-refractivity contribution is 7.19. The van der Waals surface area contributed by atoms with Gasteiger partial charge in [-0.25, -0.2) is 9.97 Å². The van der Waals surface area contributed by atoms with E-state index in [1.165, 1.54) is 28.0 Å². The van der Waals surface area contributed by atoms with Gasteiger partial charge in [-0.1, -0.05) is 29.8 Å². The van der Waals surface area contributed by atoms with E-state index in [-0.39, 0.29) is 11.9 Å². The molecule has 138 valence electrons. The molecular formula is C21H22N4OS. The SMILES string of the molecule is Cc1ccc(CN2CCC(Nc3ncnc4sc5c(c34)CCC5)C2=O)cc1. The van der Waals surface area contributed by atoms with Crippen molar-refractivity contribution in [2.45, 2.75) is 45.2 Å². The first-order chi connectivity index (χ1) is 13.2. The van der Waals surface area contributed by atoms with Crippen LogP contribution in [0.5, 0.6) is 0 Å². The number of amides is 1. The van der Waals surface area contributed by atoms with Crippen molar-refractivity contribution in [1.82, 2.24) is 14.9 Å². The zero-order valence-electron chi connectivity index (χ0n) is 15.4. The Morgan fingerprint density at radius 1 is 1.22 bits per heavy atom. The average Bonchev–Trinajstić information content (AvgIpc) is 3.34. The molecule has 1 aliphatic heterocycles. The Kier molecular flexibility index (Phi) is 4.08. The first-order valence-electron chi connectivity index (χ1n) is 9.55. The lowest BCUT2D eigenvalue weighted by atomic mass is 10.1. The molecule has 5 nitrogen and oxygen atoms in total. The normalized spacial score (nSPS) is 19.1. The number of likely N-dealkylation sites (tertiary alicyclic amines) is 1. The highest BCUT2D eigenvalue weighted by atomic mass is 32.1. The molecule has 0 bridgehead atoms. The van der Waals surface area contributed by atoms with Gasteiger partial charge in [-0.3, -0.25) is 4.79 Å². The number of anilines is 1. The number of benzene rings is 1. The molecule has 6 heteroatoms. The fourth-order valence-corrected chi connectivity index (χ4v) is 5.38. The molecule has 1 unspecified atom stereocenters. The van der Waals surface area contributed by atoms with E-state index in [0.29, 0.717) is 6.54 Å². The highest BCUT2D eigenvalue weighted by Crippen LogP contribution is 2.39. The van der Waals surface area contributed by atoms with Crippen molar-refractivity contribution in [2.75, 3.05) is 11.9 Å². The Morgan fingerprint density at radius 2 is 2.07 bits per heavy atom. The topological polar surface area (TPSA) is 58.1 Å². The van der Waals surface area contributed by atoms with Crippen LogP contribution in [0.2, 0.25) is 0 Å². The van der Waals surface area contributed by atoms with Crippen molar-refractivity contribution in [2.24, 2.45) is 0 Å². The molecule has 2 aromatic heterocycles. The summed E-state index contributed by atoms with van der Waals surface area (Å²) in [4.78, 5) is 26.3. The van der Waals surface area contributed by atoms with Crippen molar-refractivity contribution < 1.29 is 4.79 Å². The van der Waals surface area contributed by atoms with Crippen molar-refractivity contribution in [1.29, 1.82) is 0 Å². The molecule has 1 aliphatic carbocycles. The quantitative estimate of drug-likeness (QED) is 0.752. The van der Waals surface area contributed by atoms with Gasteiger partial charge in [0.2, 0.25) is 5.91 Å². The summed E-state index contributed by atoms with van der Waals surface area (Å²) in [6.07, 6.45) is 5.86. The number of aromatic nitrogens is 2. The van der Waals surface area contributed by atoms with Crippen LogP contribution < -0.4 is 5.32 Å². The van der Waals surface area contributed by atoms with Gasteiger partial charge in [0.05, 0.1) is 5.39 Å². The summed E-state index contributed by atoms with van der Waals surface area (Å²) >= 11 is 1.78. The second kappa shape index (κ2) is 6.60. The van der Waals surface area contributed by atoms with Crippen LogP contribution in [0.3, 0.4) is 0 Å². The zero-order valence-corrected chi connectivity index (χ0v) is 16.2. The van der Waals surface area contributed by atoms with Gasteiger partial charge in [0.25, 0.3) is 0 Å². The Labute approximate surface area is 162 Å². The number of carbonyl (C=O) groups is 1. The van der Waals surface area contributed by atoms with Gasteiger partial charge in [0.15, 0.2) is 0 Å². The van der Waals surface area contributed by atoms with Crippen LogP contribution >= 0.6 is 11.3 Å². The van der Waals surface area contributed by atoms with Gasteiger partial charge in [0, 0.05) is 18.0 Å². The molecule has 0 saturated carbocycles. The fraction of sp³-hybridized carbons (Fsp3) is 0.381. The molecule has 2 aliphatic rings. The average molecular weight is 379 g/mol. The van der Waals surface area contributed by atoms with E-state index in [1.807, 2.05) is 4.90 Å². The predicted molar refractivity (Wildman–Crippen MR) is 108 cm³/mol. The molecule has 1 N–H and O–H groups in total. The van der Waals surface area contributed by atoms with Gasteiger partial charge in [-0.15, -0.1) is 11.3 Å². The maximum atomic E-state index is 12.9. The van der Waals surface area contributed by atoms with E-state index in [9.17, 15) is 4.79 Å². The standard InChI is InChI=1S/C21H22N4OS/c1-13-5-7-14(8-6-13)11-25-10-9-16(21(25)26)24-19-18-15-3-2-4-17(15)27-20(18)23-12-22-19/h5-8,12,16H,2-4,9-11H2,1H3,(H,22,23,24). The van der Waals surface area contributed by atoms with E-state index < -0.39 is 0 Å². The van der Waals surface area contributed by atoms with E-state index in [4.69, 9.17) is 0 Å². The predicted octanol–water partition coefficient (Wildman–Crippen LogP) is 3.70. The molecule has 0 radical (unpaired) electrons. The summed E-state index contributed by atoms with van der Waals surface area (Å²) < 4.78 is 0. The molecule has 1 amide bonds. The minimum Gasteiger partial charge on any atom is -0.358 e. The molecule has 0 spiro atoms.